The summed E-state index contributed by atoms with van der Waals surface area (Å²) >= 11 is 0. The molecule has 1 aromatic carbocycles. The van der Waals surface area contributed by atoms with Crippen molar-refractivity contribution in [2.75, 3.05) is 39.3 Å². The van der Waals surface area contributed by atoms with Crippen LogP contribution in [0.5, 0.6) is 0 Å². The van der Waals surface area contributed by atoms with Crippen LogP contribution in [0.2, 0.25) is 0 Å². The fourth-order valence-corrected chi connectivity index (χ4v) is 7.53. The Morgan fingerprint density at radius 1 is 0.607 bits per heavy atom. The zero-order valence-corrected chi connectivity index (χ0v) is 17.8. The molecule has 2 aliphatic heterocycles. The van der Waals surface area contributed by atoms with E-state index in [-0.39, 0.29) is 9.79 Å². The summed E-state index contributed by atoms with van der Waals surface area (Å²) in [6, 6.07) is 6.33. The third kappa shape index (κ3) is 3.87. The van der Waals surface area contributed by atoms with Crippen molar-refractivity contribution in [2.45, 2.75) is 54.4 Å². The quantitative estimate of drug-likeness (QED) is 0.715. The Bertz CT molecular complexity index is 880. The maximum absolute atomic E-state index is 13.0. The molecule has 0 amide bonds. The van der Waals surface area contributed by atoms with E-state index in [9.17, 15) is 16.8 Å². The highest BCUT2D eigenvalue weighted by Gasteiger charge is 2.32. The average molecular weight is 428 g/mol. The van der Waals surface area contributed by atoms with Crippen molar-refractivity contribution in [3.63, 3.8) is 0 Å². The summed E-state index contributed by atoms with van der Waals surface area (Å²) in [7, 11) is -7.12. The smallest absolute Gasteiger partial charge is 0.243 e. The lowest BCUT2D eigenvalue weighted by Crippen LogP contribution is -2.51. The lowest BCUT2D eigenvalue weighted by molar-refractivity contribution is 0.139. The third-order valence-electron chi connectivity index (χ3n) is 6.28. The Morgan fingerprint density at radius 3 is 1.50 bits per heavy atom. The van der Waals surface area contributed by atoms with Crippen LogP contribution >= 0.6 is 0 Å². The van der Waals surface area contributed by atoms with Crippen LogP contribution in [-0.4, -0.2) is 75.7 Å². The van der Waals surface area contributed by atoms with Gasteiger partial charge in [-0.3, -0.25) is 4.90 Å². The van der Waals surface area contributed by atoms with E-state index >= 15 is 0 Å². The van der Waals surface area contributed by atoms with Gasteiger partial charge in [0.15, 0.2) is 0 Å². The highest BCUT2D eigenvalue weighted by molar-refractivity contribution is 7.89. The summed E-state index contributed by atoms with van der Waals surface area (Å²) in [5.41, 5.74) is 0. The Labute approximate surface area is 168 Å². The lowest BCUT2D eigenvalue weighted by Gasteiger charge is -2.37. The van der Waals surface area contributed by atoms with Gasteiger partial charge in [-0.2, -0.15) is 8.61 Å². The van der Waals surface area contributed by atoms with Crippen LogP contribution in [0.3, 0.4) is 0 Å². The van der Waals surface area contributed by atoms with Crippen molar-refractivity contribution in [1.82, 2.24) is 13.5 Å². The van der Waals surface area contributed by atoms with Crippen molar-refractivity contribution in [3.8, 4) is 0 Å². The van der Waals surface area contributed by atoms with E-state index in [1.54, 1.807) is 0 Å². The first-order valence-electron chi connectivity index (χ1n) is 10.2. The van der Waals surface area contributed by atoms with Crippen LogP contribution in [0.15, 0.2) is 34.1 Å². The highest BCUT2D eigenvalue weighted by Crippen LogP contribution is 2.27. The van der Waals surface area contributed by atoms with Gasteiger partial charge in [-0.1, -0.05) is 12.8 Å². The molecule has 2 saturated heterocycles. The molecule has 28 heavy (non-hydrogen) atoms. The maximum Gasteiger partial charge on any atom is 0.243 e. The molecule has 2 heterocycles. The van der Waals surface area contributed by atoms with Gasteiger partial charge >= 0.3 is 0 Å². The van der Waals surface area contributed by atoms with Gasteiger partial charge in [0.2, 0.25) is 20.0 Å². The fourth-order valence-electron chi connectivity index (χ4n) is 4.59. The number of hydrogen-bond acceptors (Lipinski definition) is 5. The first-order valence-corrected chi connectivity index (χ1v) is 13.1. The highest BCUT2D eigenvalue weighted by atomic mass is 32.2. The summed E-state index contributed by atoms with van der Waals surface area (Å²) in [5, 5.41) is 0. The molecule has 9 heteroatoms. The molecule has 0 N–H and O–H groups in total. The molecule has 0 radical (unpaired) electrons. The SMILES string of the molecule is O=S(=O)(c1ccc(S(=O)(=O)N2CCN(C3CCCC3)CC2)cc1)N1CCCC1. The molecule has 3 aliphatic rings. The number of sulfonamides is 2. The Kier molecular flexibility index (Phi) is 5.81. The van der Waals surface area contributed by atoms with Crippen LogP contribution in [0.4, 0.5) is 0 Å². The number of benzene rings is 1. The largest absolute Gasteiger partial charge is 0.298 e. The number of hydrogen-bond donors (Lipinski definition) is 0. The van der Waals surface area contributed by atoms with E-state index in [1.807, 2.05) is 0 Å². The summed E-state index contributed by atoms with van der Waals surface area (Å²) in [4.78, 5) is 2.76. The van der Waals surface area contributed by atoms with Gasteiger partial charge in [0, 0.05) is 45.3 Å². The van der Waals surface area contributed by atoms with Gasteiger partial charge in [0.25, 0.3) is 0 Å². The molecule has 7 nitrogen and oxygen atoms in total. The molecular formula is C19H29N3O4S2. The van der Waals surface area contributed by atoms with Crippen LogP contribution in [0, 0.1) is 0 Å². The van der Waals surface area contributed by atoms with E-state index in [0.717, 1.165) is 25.9 Å². The molecule has 0 aromatic heterocycles. The van der Waals surface area contributed by atoms with Crippen LogP contribution in [-0.2, 0) is 20.0 Å². The molecule has 3 fully saturated rings. The third-order valence-corrected chi connectivity index (χ3v) is 10.1. The summed E-state index contributed by atoms with van der Waals surface area (Å²) in [6.45, 7) is 3.59. The molecule has 0 atom stereocenters. The fraction of sp³-hybridized carbons (Fsp3) is 0.684. The van der Waals surface area contributed by atoms with Gasteiger partial charge < -0.3 is 0 Å². The van der Waals surface area contributed by atoms with E-state index < -0.39 is 20.0 Å². The number of piperazine rings is 1. The molecular weight excluding hydrogens is 398 g/mol. The molecule has 1 saturated carbocycles. The second kappa shape index (κ2) is 8.02. The van der Waals surface area contributed by atoms with Gasteiger partial charge in [-0.05, 0) is 49.9 Å². The average Bonchev–Trinajstić information content (AvgIpc) is 3.42. The predicted octanol–water partition coefficient (Wildman–Crippen LogP) is 1.72. The minimum absolute atomic E-state index is 0.166. The predicted molar refractivity (Wildman–Crippen MR) is 107 cm³/mol. The normalized spacial score (nSPS) is 24.1. The first kappa shape index (κ1) is 20.3. The number of rotatable bonds is 5. The van der Waals surface area contributed by atoms with Crippen molar-refractivity contribution >= 4 is 20.0 Å². The monoisotopic (exact) mass is 427 g/mol. The second-order valence-corrected chi connectivity index (χ2v) is 11.8. The molecule has 0 bridgehead atoms. The molecule has 0 unspecified atom stereocenters. The summed E-state index contributed by atoms with van der Waals surface area (Å²) < 4.78 is 54.2. The van der Waals surface area contributed by atoms with E-state index in [4.69, 9.17) is 0 Å². The summed E-state index contributed by atoms with van der Waals surface area (Å²) in [6.07, 6.45) is 6.74. The van der Waals surface area contributed by atoms with E-state index in [1.165, 1.54) is 58.6 Å². The van der Waals surface area contributed by atoms with Crippen molar-refractivity contribution < 1.29 is 16.8 Å². The standard InChI is InChI=1S/C19H29N3O4S2/c23-27(24,21-11-3-4-12-21)18-7-9-19(10-8-18)28(25,26)22-15-13-20(14-16-22)17-5-1-2-6-17/h7-10,17H,1-6,11-16H2. The number of nitrogens with zero attached hydrogens (tertiary/aromatic N) is 3. The Balaban J connectivity index is 1.44. The van der Waals surface area contributed by atoms with E-state index in [0.29, 0.717) is 32.2 Å². The Hall–Kier alpha value is -1.00. The zero-order chi connectivity index (χ0) is 19.8. The van der Waals surface area contributed by atoms with Crippen molar-refractivity contribution in [2.24, 2.45) is 0 Å². The Morgan fingerprint density at radius 2 is 1.04 bits per heavy atom. The summed E-state index contributed by atoms with van der Waals surface area (Å²) in [5.74, 6) is 0. The molecule has 1 aliphatic carbocycles. The minimum Gasteiger partial charge on any atom is -0.298 e. The minimum atomic E-state index is -3.59. The van der Waals surface area contributed by atoms with Crippen LogP contribution < -0.4 is 0 Å². The van der Waals surface area contributed by atoms with E-state index in [2.05, 4.69) is 4.90 Å². The zero-order valence-electron chi connectivity index (χ0n) is 16.2. The molecule has 1 aromatic rings. The van der Waals surface area contributed by atoms with Gasteiger partial charge in [0.1, 0.15) is 0 Å². The molecule has 156 valence electrons. The second-order valence-electron chi connectivity index (χ2n) is 7.96. The van der Waals surface area contributed by atoms with Crippen molar-refractivity contribution in [1.29, 1.82) is 0 Å². The first-order chi connectivity index (χ1) is 13.4. The molecule has 4 rings (SSSR count). The molecule has 0 spiro atoms. The lowest BCUT2D eigenvalue weighted by atomic mass is 10.2. The van der Waals surface area contributed by atoms with Crippen LogP contribution in [0.25, 0.3) is 0 Å². The topological polar surface area (TPSA) is 78.0 Å². The maximum atomic E-state index is 13.0. The van der Waals surface area contributed by atoms with Crippen molar-refractivity contribution in [3.05, 3.63) is 24.3 Å². The van der Waals surface area contributed by atoms with Gasteiger partial charge in [0.05, 0.1) is 9.79 Å². The van der Waals surface area contributed by atoms with Gasteiger partial charge in [-0.25, -0.2) is 16.8 Å². The van der Waals surface area contributed by atoms with Crippen LogP contribution in [0.1, 0.15) is 38.5 Å². The van der Waals surface area contributed by atoms with Gasteiger partial charge in [-0.15, -0.1) is 0 Å².